The first-order chi connectivity index (χ1) is 8.70. The fraction of sp³-hybridized carbons (Fsp3) is 0.133. The smallest absolute Gasteiger partial charge is 0.252 e. The quantitative estimate of drug-likeness (QED) is 0.773. The van der Waals surface area contributed by atoms with Crippen LogP contribution in [0.15, 0.2) is 48.5 Å². The highest BCUT2D eigenvalue weighted by molar-refractivity contribution is 6.67. The van der Waals surface area contributed by atoms with Gasteiger partial charge >= 0.3 is 0 Å². The van der Waals surface area contributed by atoms with Crippen molar-refractivity contribution in [1.29, 1.82) is 0 Å². The lowest BCUT2D eigenvalue weighted by molar-refractivity contribution is 0.108. The van der Waals surface area contributed by atoms with Gasteiger partial charge in [0.15, 0.2) is 0 Å². The second-order valence-electron chi connectivity index (χ2n) is 3.81. The summed E-state index contributed by atoms with van der Waals surface area (Å²) in [5, 5.41) is -0.442. The van der Waals surface area contributed by atoms with Crippen molar-refractivity contribution < 1.29 is 9.53 Å². The second-order valence-corrected chi connectivity index (χ2v) is 4.16. The van der Waals surface area contributed by atoms with Gasteiger partial charge in [-0.25, -0.2) is 0 Å². The van der Waals surface area contributed by atoms with Crippen molar-refractivity contribution in [2.45, 2.75) is 6.92 Å². The molecule has 0 unspecified atom stereocenters. The van der Waals surface area contributed by atoms with Gasteiger partial charge < -0.3 is 4.74 Å². The molecule has 0 aliphatic carbocycles. The summed E-state index contributed by atoms with van der Waals surface area (Å²) in [6.45, 7) is 2.60. The molecule has 0 saturated carbocycles. The maximum atomic E-state index is 11.1. The van der Waals surface area contributed by atoms with Gasteiger partial charge in [-0.1, -0.05) is 30.3 Å². The summed E-state index contributed by atoms with van der Waals surface area (Å²) in [6, 6.07) is 15.0. The van der Waals surface area contributed by atoms with Gasteiger partial charge in [0.1, 0.15) is 5.75 Å². The molecule has 92 valence electrons. The summed E-state index contributed by atoms with van der Waals surface area (Å²) in [4.78, 5) is 11.1. The van der Waals surface area contributed by atoms with Crippen LogP contribution >= 0.6 is 11.6 Å². The Hall–Kier alpha value is -1.80. The number of hydrogen-bond acceptors (Lipinski definition) is 2. The normalized spacial score (nSPS) is 10.1. The van der Waals surface area contributed by atoms with Crippen LogP contribution in [0.1, 0.15) is 17.3 Å². The lowest BCUT2D eigenvalue weighted by atomic mass is 10.0. The van der Waals surface area contributed by atoms with Crippen LogP contribution in [0.4, 0.5) is 0 Å². The zero-order valence-corrected chi connectivity index (χ0v) is 10.8. The summed E-state index contributed by atoms with van der Waals surface area (Å²) < 4.78 is 5.38. The molecule has 0 heterocycles. The monoisotopic (exact) mass is 260 g/mol. The summed E-state index contributed by atoms with van der Waals surface area (Å²) in [6.07, 6.45) is 0. The molecule has 0 N–H and O–H groups in total. The summed E-state index contributed by atoms with van der Waals surface area (Å²) in [7, 11) is 0. The average molecular weight is 261 g/mol. The molecular formula is C15H13ClO2. The van der Waals surface area contributed by atoms with Crippen molar-refractivity contribution in [2.24, 2.45) is 0 Å². The molecule has 2 aromatic rings. The first-order valence-electron chi connectivity index (χ1n) is 5.74. The molecule has 2 nitrogen and oxygen atoms in total. The van der Waals surface area contributed by atoms with Crippen molar-refractivity contribution >= 4 is 16.8 Å². The van der Waals surface area contributed by atoms with E-state index < -0.39 is 5.24 Å². The van der Waals surface area contributed by atoms with Crippen LogP contribution in [0.5, 0.6) is 5.75 Å². The second kappa shape index (κ2) is 5.69. The van der Waals surface area contributed by atoms with E-state index in [0.29, 0.717) is 12.2 Å². The highest BCUT2D eigenvalue weighted by Gasteiger charge is 2.04. The van der Waals surface area contributed by atoms with Crippen LogP contribution in [0, 0.1) is 0 Å². The Bertz CT molecular complexity index is 547. The van der Waals surface area contributed by atoms with Crippen LogP contribution in [0.25, 0.3) is 11.1 Å². The number of halogens is 1. The Morgan fingerprint density at radius 1 is 1.11 bits per heavy atom. The Balaban J connectivity index is 2.30. The van der Waals surface area contributed by atoms with E-state index in [0.717, 1.165) is 16.9 Å². The number of hydrogen-bond donors (Lipinski definition) is 0. The molecule has 0 aliphatic heterocycles. The lowest BCUT2D eigenvalue weighted by Gasteiger charge is -2.06. The van der Waals surface area contributed by atoms with E-state index in [1.54, 1.807) is 12.1 Å². The number of benzene rings is 2. The number of carbonyl (C=O) groups is 1. The maximum absolute atomic E-state index is 11.1. The number of ether oxygens (including phenoxy) is 1. The van der Waals surface area contributed by atoms with Gasteiger partial charge in [-0.15, -0.1) is 0 Å². The highest BCUT2D eigenvalue weighted by atomic mass is 35.5. The van der Waals surface area contributed by atoms with Crippen LogP contribution in [0.2, 0.25) is 0 Å². The van der Waals surface area contributed by atoms with Crippen LogP contribution < -0.4 is 4.74 Å². The predicted octanol–water partition coefficient (Wildman–Crippen LogP) is 4.13. The fourth-order valence-electron chi connectivity index (χ4n) is 1.73. The number of rotatable bonds is 4. The zero-order chi connectivity index (χ0) is 13.0. The van der Waals surface area contributed by atoms with E-state index in [1.165, 1.54) is 0 Å². The molecule has 18 heavy (non-hydrogen) atoms. The topological polar surface area (TPSA) is 26.3 Å². The molecule has 2 rings (SSSR count). The van der Waals surface area contributed by atoms with Gasteiger partial charge in [-0.3, -0.25) is 4.79 Å². The summed E-state index contributed by atoms with van der Waals surface area (Å²) >= 11 is 5.47. The van der Waals surface area contributed by atoms with Crippen LogP contribution in [-0.4, -0.2) is 11.8 Å². The molecule has 0 aliphatic rings. The third-order valence-electron chi connectivity index (χ3n) is 2.59. The van der Waals surface area contributed by atoms with Gasteiger partial charge in [-0.05, 0) is 47.9 Å². The molecule has 0 saturated heterocycles. The molecule has 0 radical (unpaired) electrons. The van der Waals surface area contributed by atoms with E-state index >= 15 is 0 Å². The molecular weight excluding hydrogens is 248 g/mol. The molecule has 0 fully saturated rings. The standard InChI is InChI=1S/C15H13ClO2/c1-2-18-14-8-6-11(7-9-14)12-4-3-5-13(10-12)15(16)17/h3-10H,2H2,1H3. The maximum Gasteiger partial charge on any atom is 0.252 e. The Morgan fingerprint density at radius 3 is 2.44 bits per heavy atom. The fourth-order valence-corrected chi connectivity index (χ4v) is 1.85. The third kappa shape index (κ3) is 2.90. The van der Waals surface area contributed by atoms with Crippen LogP contribution in [-0.2, 0) is 0 Å². The largest absolute Gasteiger partial charge is 0.494 e. The minimum atomic E-state index is -0.442. The summed E-state index contributed by atoms with van der Waals surface area (Å²) in [5.41, 5.74) is 2.49. The van der Waals surface area contributed by atoms with Crippen molar-refractivity contribution in [3.8, 4) is 16.9 Å². The van der Waals surface area contributed by atoms with Crippen molar-refractivity contribution in [1.82, 2.24) is 0 Å². The molecule has 0 amide bonds. The van der Waals surface area contributed by atoms with E-state index in [-0.39, 0.29) is 0 Å². The van der Waals surface area contributed by atoms with Gasteiger partial charge in [0.25, 0.3) is 5.24 Å². The van der Waals surface area contributed by atoms with E-state index in [4.69, 9.17) is 16.3 Å². The molecule has 0 spiro atoms. The highest BCUT2D eigenvalue weighted by Crippen LogP contribution is 2.23. The van der Waals surface area contributed by atoms with Crippen molar-refractivity contribution in [3.05, 3.63) is 54.1 Å². The molecule has 3 heteroatoms. The zero-order valence-electron chi connectivity index (χ0n) is 10.0. The Kier molecular flexibility index (Phi) is 4.00. The van der Waals surface area contributed by atoms with Crippen molar-refractivity contribution in [2.75, 3.05) is 6.61 Å². The SMILES string of the molecule is CCOc1ccc(-c2cccc(C(=O)Cl)c2)cc1. The van der Waals surface area contributed by atoms with E-state index in [2.05, 4.69) is 0 Å². The van der Waals surface area contributed by atoms with Gasteiger partial charge in [0.05, 0.1) is 6.61 Å². The predicted molar refractivity (Wildman–Crippen MR) is 73.2 cm³/mol. The van der Waals surface area contributed by atoms with E-state index in [9.17, 15) is 4.79 Å². The summed E-state index contributed by atoms with van der Waals surface area (Å²) in [5.74, 6) is 0.839. The Morgan fingerprint density at radius 2 is 1.83 bits per heavy atom. The molecule has 0 bridgehead atoms. The van der Waals surface area contributed by atoms with Gasteiger partial charge in [0, 0.05) is 5.56 Å². The minimum absolute atomic E-state index is 0.442. The van der Waals surface area contributed by atoms with E-state index in [1.807, 2.05) is 43.3 Å². The van der Waals surface area contributed by atoms with Gasteiger partial charge in [-0.2, -0.15) is 0 Å². The third-order valence-corrected chi connectivity index (χ3v) is 2.81. The van der Waals surface area contributed by atoms with Crippen LogP contribution in [0.3, 0.4) is 0 Å². The average Bonchev–Trinajstić information content (AvgIpc) is 2.40. The number of carbonyl (C=O) groups excluding carboxylic acids is 1. The minimum Gasteiger partial charge on any atom is -0.494 e. The van der Waals surface area contributed by atoms with Gasteiger partial charge in [0.2, 0.25) is 0 Å². The molecule has 2 aromatic carbocycles. The first-order valence-corrected chi connectivity index (χ1v) is 6.11. The Labute approximate surface area is 111 Å². The molecule has 0 aromatic heterocycles. The first kappa shape index (κ1) is 12.7. The molecule has 0 atom stereocenters. The lowest BCUT2D eigenvalue weighted by Crippen LogP contribution is -1.91. The van der Waals surface area contributed by atoms with Crippen molar-refractivity contribution in [3.63, 3.8) is 0 Å².